The molecule has 0 radical (unpaired) electrons. The maximum atomic E-state index is 12.7. The van der Waals surface area contributed by atoms with Crippen LogP contribution in [-0.2, 0) is 23.1 Å². The fourth-order valence-corrected chi connectivity index (χ4v) is 4.47. The number of para-hydroxylation sites is 1. The highest BCUT2D eigenvalue weighted by Gasteiger charge is 2.22. The first-order valence-electron chi connectivity index (χ1n) is 10.1. The Morgan fingerprint density at radius 3 is 2.48 bits per heavy atom. The van der Waals surface area contributed by atoms with Gasteiger partial charge in [-0.3, -0.25) is 9.69 Å². The zero-order chi connectivity index (χ0) is 20.1. The molecule has 1 aromatic carbocycles. The summed E-state index contributed by atoms with van der Waals surface area (Å²) in [5.41, 5.74) is 1.22. The van der Waals surface area contributed by atoms with E-state index in [9.17, 15) is 4.79 Å². The van der Waals surface area contributed by atoms with Crippen molar-refractivity contribution in [2.24, 2.45) is 7.05 Å². The van der Waals surface area contributed by atoms with Crippen LogP contribution in [0.5, 0.6) is 0 Å². The number of nitrogens with zero attached hydrogens (tertiary/aromatic N) is 6. The van der Waals surface area contributed by atoms with Crippen molar-refractivity contribution < 1.29 is 9.53 Å². The van der Waals surface area contributed by atoms with Crippen molar-refractivity contribution in [3.8, 4) is 0 Å². The van der Waals surface area contributed by atoms with Gasteiger partial charge >= 0.3 is 0 Å². The van der Waals surface area contributed by atoms with E-state index in [2.05, 4.69) is 44.3 Å². The Morgan fingerprint density at radius 2 is 1.76 bits per heavy atom. The fraction of sp³-hybridized carbons (Fsp3) is 0.550. The van der Waals surface area contributed by atoms with E-state index in [1.165, 1.54) is 17.4 Å². The Labute approximate surface area is 175 Å². The molecule has 1 amide bonds. The van der Waals surface area contributed by atoms with Gasteiger partial charge in [0.1, 0.15) is 5.82 Å². The van der Waals surface area contributed by atoms with Crippen molar-refractivity contribution in [3.63, 3.8) is 0 Å². The highest BCUT2D eigenvalue weighted by Crippen LogP contribution is 2.19. The van der Waals surface area contributed by atoms with E-state index in [4.69, 9.17) is 4.74 Å². The average Bonchev–Trinajstić information content (AvgIpc) is 3.12. The van der Waals surface area contributed by atoms with E-state index >= 15 is 0 Å². The maximum absolute atomic E-state index is 12.7. The highest BCUT2D eigenvalue weighted by atomic mass is 32.2. The fourth-order valence-electron chi connectivity index (χ4n) is 3.64. The minimum Gasteiger partial charge on any atom is -0.379 e. The summed E-state index contributed by atoms with van der Waals surface area (Å²) in [6, 6.07) is 10.4. The van der Waals surface area contributed by atoms with Gasteiger partial charge in [-0.25, -0.2) is 0 Å². The minimum atomic E-state index is 0.167. The SMILES string of the molecule is Cn1c(CN2CCOCC2)nnc1SCC(=O)N1CCN(c2ccccc2)CC1. The first kappa shape index (κ1) is 20.2. The summed E-state index contributed by atoms with van der Waals surface area (Å²) in [6.45, 7) is 7.40. The molecule has 0 saturated carbocycles. The number of hydrogen-bond donors (Lipinski definition) is 0. The predicted molar refractivity (Wildman–Crippen MR) is 113 cm³/mol. The molecule has 0 atom stereocenters. The summed E-state index contributed by atoms with van der Waals surface area (Å²) < 4.78 is 7.39. The lowest BCUT2D eigenvalue weighted by Gasteiger charge is -2.36. The Bertz CT molecular complexity index is 801. The number of morpholine rings is 1. The first-order chi connectivity index (χ1) is 14.2. The number of rotatable bonds is 6. The molecule has 2 aromatic rings. The van der Waals surface area contributed by atoms with Crippen LogP contribution in [0.2, 0.25) is 0 Å². The summed E-state index contributed by atoms with van der Waals surface area (Å²) in [7, 11) is 1.97. The van der Waals surface area contributed by atoms with Gasteiger partial charge in [-0.15, -0.1) is 10.2 Å². The molecule has 9 heteroatoms. The number of carbonyl (C=O) groups excluding carboxylic acids is 1. The number of hydrogen-bond acceptors (Lipinski definition) is 7. The van der Waals surface area contributed by atoms with Crippen molar-refractivity contribution in [3.05, 3.63) is 36.2 Å². The molecule has 3 heterocycles. The second-order valence-corrected chi connectivity index (χ2v) is 8.28. The molecule has 2 aliphatic heterocycles. The van der Waals surface area contributed by atoms with Crippen LogP contribution in [0.3, 0.4) is 0 Å². The van der Waals surface area contributed by atoms with E-state index in [0.29, 0.717) is 5.75 Å². The topological polar surface area (TPSA) is 66.7 Å². The zero-order valence-corrected chi connectivity index (χ0v) is 17.7. The summed E-state index contributed by atoms with van der Waals surface area (Å²) in [5, 5.41) is 9.41. The lowest BCUT2D eigenvalue weighted by Crippen LogP contribution is -2.49. The van der Waals surface area contributed by atoms with Gasteiger partial charge in [0, 0.05) is 52.0 Å². The second-order valence-electron chi connectivity index (χ2n) is 7.34. The van der Waals surface area contributed by atoms with Crippen LogP contribution in [0.25, 0.3) is 0 Å². The van der Waals surface area contributed by atoms with E-state index in [1.807, 2.05) is 22.6 Å². The van der Waals surface area contributed by atoms with Crippen molar-refractivity contribution in [2.75, 3.05) is 63.1 Å². The molecule has 0 spiro atoms. The van der Waals surface area contributed by atoms with Crippen LogP contribution in [0.1, 0.15) is 5.82 Å². The second kappa shape index (κ2) is 9.60. The Balaban J connectivity index is 1.25. The van der Waals surface area contributed by atoms with Crippen molar-refractivity contribution in [1.82, 2.24) is 24.6 Å². The third-order valence-electron chi connectivity index (χ3n) is 5.47. The molecule has 29 heavy (non-hydrogen) atoms. The van der Waals surface area contributed by atoms with Crippen molar-refractivity contribution in [2.45, 2.75) is 11.7 Å². The Morgan fingerprint density at radius 1 is 1.03 bits per heavy atom. The van der Waals surface area contributed by atoms with Crippen LogP contribution in [0.4, 0.5) is 5.69 Å². The molecular formula is C20H28N6O2S. The van der Waals surface area contributed by atoms with E-state index in [-0.39, 0.29) is 5.91 Å². The minimum absolute atomic E-state index is 0.167. The molecular weight excluding hydrogens is 388 g/mol. The zero-order valence-electron chi connectivity index (χ0n) is 16.9. The van der Waals surface area contributed by atoms with Crippen molar-refractivity contribution >= 4 is 23.4 Å². The van der Waals surface area contributed by atoms with Gasteiger partial charge < -0.3 is 19.1 Å². The van der Waals surface area contributed by atoms with E-state index < -0.39 is 0 Å². The summed E-state index contributed by atoms with van der Waals surface area (Å²) in [5.74, 6) is 1.49. The number of ether oxygens (including phenoxy) is 1. The largest absolute Gasteiger partial charge is 0.379 e. The normalized spacial score (nSPS) is 18.2. The molecule has 2 fully saturated rings. The predicted octanol–water partition coefficient (Wildman–Crippen LogP) is 1.09. The molecule has 2 saturated heterocycles. The molecule has 1 aromatic heterocycles. The number of carbonyl (C=O) groups is 1. The number of aromatic nitrogens is 3. The van der Waals surface area contributed by atoms with Crippen molar-refractivity contribution in [1.29, 1.82) is 0 Å². The van der Waals surface area contributed by atoms with Crippen LogP contribution in [0, 0.1) is 0 Å². The Hall–Kier alpha value is -2.10. The molecule has 0 bridgehead atoms. The van der Waals surface area contributed by atoms with Gasteiger partial charge in [0.15, 0.2) is 5.16 Å². The van der Waals surface area contributed by atoms with E-state index in [0.717, 1.165) is 70.0 Å². The number of thioether (sulfide) groups is 1. The van der Waals surface area contributed by atoms with Gasteiger partial charge in [0.05, 0.1) is 25.5 Å². The average molecular weight is 417 g/mol. The standard InChI is InChI=1S/C20H28N6O2S/c1-23-18(15-24-11-13-28-14-12-24)21-22-20(23)29-16-19(27)26-9-7-25(8-10-26)17-5-3-2-4-6-17/h2-6H,7-16H2,1H3. The summed E-state index contributed by atoms with van der Waals surface area (Å²) >= 11 is 1.47. The molecule has 156 valence electrons. The molecule has 0 N–H and O–H groups in total. The molecule has 4 rings (SSSR count). The molecule has 0 aliphatic carbocycles. The van der Waals surface area contributed by atoms with Crippen LogP contribution in [0.15, 0.2) is 35.5 Å². The third-order valence-corrected chi connectivity index (χ3v) is 6.48. The third kappa shape index (κ3) is 5.09. The number of anilines is 1. The van der Waals surface area contributed by atoms with Gasteiger partial charge in [-0.2, -0.15) is 0 Å². The van der Waals surface area contributed by atoms with Gasteiger partial charge in [0.25, 0.3) is 0 Å². The van der Waals surface area contributed by atoms with Crippen LogP contribution < -0.4 is 4.90 Å². The highest BCUT2D eigenvalue weighted by molar-refractivity contribution is 7.99. The lowest BCUT2D eigenvalue weighted by molar-refractivity contribution is -0.128. The smallest absolute Gasteiger partial charge is 0.233 e. The quantitative estimate of drug-likeness (QED) is 0.653. The maximum Gasteiger partial charge on any atom is 0.233 e. The van der Waals surface area contributed by atoms with Gasteiger partial charge in [-0.05, 0) is 12.1 Å². The summed E-state index contributed by atoms with van der Waals surface area (Å²) in [4.78, 5) is 19.3. The van der Waals surface area contributed by atoms with Gasteiger partial charge in [-0.1, -0.05) is 30.0 Å². The molecule has 0 unspecified atom stereocenters. The summed E-state index contributed by atoms with van der Waals surface area (Å²) in [6.07, 6.45) is 0. The number of amides is 1. The van der Waals surface area contributed by atoms with E-state index in [1.54, 1.807) is 0 Å². The number of piperazine rings is 1. The van der Waals surface area contributed by atoms with Crippen LogP contribution in [-0.4, -0.2) is 88.7 Å². The molecule has 2 aliphatic rings. The number of benzene rings is 1. The molecule has 8 nitrogen and oxygen atoms in total. The monoisotopic (exact) mass is 416 g/mol. The van der Waals surface area contributed by atoms with Crippen LogP contribution >= 0.6 is 11.8 Å². The van der Waals surface area contributed by atoms with Gasteiger partial charge in [0.2, 0.25) is 5.91 Å². The first-order valence-corrected chi connectivity index (χ1v) is 11.1. The Kier molecular flexibility index (Phi) is 6.68. The lowest BCUT2D eigenvalue weighted by atomic mass is 10.2.